The lowest BCUT2D eigenvalue weighted by molar-refractivity contribution is -0.116. The Bertz CT molecular complexity index is 1440. The van der Waals surface area contributed by atoms with Crippen LogP contribution in [0, 0.1) is 0 Å². The first kappa shape index (κ1) is 27.8. The number of fused-ring (bicyclic) bond motifs is 1. The second-order valence-electron chi connectivity index (χ2n) is 8.28. The van der Waals surface area contributed by atoms with Gasteiger partial charge in [-0.3, -0.25) is 14.4 Å². The first-order chi connectivity index (χ1) is 16.9. The topological polar surface area (TPSA) is 107 Å². The number of benzene rings is 2. The zero-order chi connectivity index (χ0) is 28.0. The summed E-state index contributed by atoms with van der Waals surface area (Å²) < 4.78 is 74.8. The molecule has 3 N–H and O–H groups in total. The van der Waals surface area contributed by atoms with E-state index < -0.39 is 50.5 Å². The summed E-state index contributed by atoms with van der Waals surface area (Å²) in [6, 6.07) is 4.10. The maximum atomic E-state index is 13.6. The number of hydrogen-bond acceptors (Lipinski definition) is 5. The van der Waals surface area contributed by atoms with Gasteiger partial charge < -0.3 is 25.3 Å². The fourth-order valence-corrected chi connectivity index (χ4v) is 4.32. The quantitative estimate of drug-likeness (QED) is 0.285. The van der Waals surface area contributed by atoms with Crippen molar-refractivity contribution in [3.63, 3.8) is 0 Å². The normalized spacial score (nSPS) is 13.5. The zero-order valence-electron chi connectivity index (χ0n) is 20.3. The summed E-state index contributed by atoms with van der Waals surface area (Å²) in [5.41, 5.74) is 5.11. The molecule has 2 aromatic carbocycles. The Morgan fingerprint density at radius 1 is 1.08 bits per heavy atom. The van der Waals surface area contributed by atoms with Gasteiger partial charge in [-0.25, -0.2) is 0 Å². The van der Waals surface area contributed by atoms with Crippen molar-refractivity contribution in [1.82, 2.24) is 9.88 Å². The van der Waals surface area contributed by atoms with Crippen molar-refractivity contribution >= 4 is 50.1 Å². The van der Waals surface area contributed by atoms with Gasteiger partial charge in [0.2, 0.25) is 5.91 Å². The number of halogens is 5. The number of ether oxygens (including phenoxy) is 1. The number of rotatable bonds is 8. The van der Waals surface area contributed by atoms with E-state index in [-0.39, 0.29) is 35.9 Å². The standard InChI is InChI=1S/C23H25F5N4O4S/c1-5-36-21-8-15-11-32(22(29)18(15)10-19(21)23(35)30-3)12-20(34)14-6-16(31(4)13(2)33)9-17(7-14)37(24,25,26,27)28/h6-11H,5,12,29H2,1-4H3,(H,30,35). The van der Waals surface area contributed by atoms with Gasteiger partial charge in [0.05, 0.1) is 18.7 Å². The molecule has 3 rings (SSSR count). The molecule has 0 saturated carbocycles. The van der Waals surface area contributed by atoms with Gasteiger partial charge >= 0.3 is 10.2 Å². The molecular weight excluding hydrogens is 523 g/mol. The van der Waals surface area contributed by atoms with Gasteiger partial charge in [-0.15, -0.1) is 0 Å². The van der Waals surface area contributed by atoms with Crippen LogP contribution in [-0.2, 0) is 11.3 Å². The Morgan fingerprint density at radius 2 is 1.73 bits per heavy atom. The highest BCUT2D eigenvalue weighted by Gasteiger charge is 2.65. The molecule has 0 fully saturated rings. The highest BCUT2D eigenvalue weighted by molar-refractivity contribution is 8.45. The molecule has 0 aliphatic rings. The van der Waals surface area contributed by atoms with Crippen molar-refractivity contribution in [3.8, 4) is 5.75 Å². The summed E-state index contributed by atoms with van der Waals surface area (Å²) in [6.45, 7) is 2.40. The van der Waals surface area contributed by atoms with Crippen molar-refractivity contribution in [2.75, 3.05) is 31.3 Å². The molecule has 0 spiro atoms. The first-order valence-electron chi connectivity index (χ1n) is 10.8. The number of nitrogens with two attached hydrogens (primary N) is 1. The van der Waals surface area contributed by atoms with E-state index in [4.69, 9.17) is 10.5 Å². The fourth-order valence-electron chi connectivity index (χ4n) is 3.62. The molecule has 0 saturated heterocycles. The summed E-state index contributed by atoms with van der Waals surface area (Å²) in [6.07, 6.45) is 1.43. The van der Waals surface area contributed by atoms with Crippen LogP contribution in [0.1, 0.15) is 34.6 Å². The maximum Gasteiger partial charge on any atom is 0.310 e. The van der Waals surface area contributed by atoms with Gasteiger partial charge in [0.1, 0.15) is 16.5 Å². The molecule has 1 heterocycles. The molecule has 0 atom stereocenters. The lowest BCUT2D eigenvalue weighted by atomic mass is 10.1. The predicted octanol–water partition coefficient (Wildman–Crippen LogP) is 5.50. The fraction of sp³-hybridized carbons (Fsp3) is 0.261. The Labute approximate surface area is 208 Å². The summed E-state index contributed by atoms with van der Waals surface area (Å²) >= 11 is 0. The van der Waals surface area contributed by atoms with Crippen LogP contribution in [0.15, 0.2) is 41.4 Å². The van der Waals surface area contributed by atoms with Crippen molar-refractivity contribution in [2.45, 2.75) is 25.3 Å². The lowest BCUT2D eigenvalue weighted by Gasteiger charge is -2.41. The predicted molar refractivity (Wildman–Crippen MR) is 132 cm³/mol. The number of aromatic nitrogens is 1. The summed E-state index contributed by atoms with van der Waals surface area (Å²) in [4.78, 5) is 35.4. The Hall–Kier alpha value is -3.81. The van der Waals surface area contributed by atoms with Gasteiger partial charge in [0.25, 0.3) is 5.91 Å². The molecule has 14 heteroatoms. The Kier molecular flexibility index (Phi) is 6.49. The summed E-state index contributed by atoms with van der Waals surface area (Å²) in [5.74, 6) is -1.88. The number of Topliss-reactive ketones (excluding diaryl/α,β-unsaturated/α-hetero) is 1. The smallest absolute Gasteiger partial charge is 0.310 e. The molecule has 3 aromatic rings. The van der Waals surface area contributed by atoms with Crippen LogP contribution in [0.25, 0.3) is 10.8 Å². The van der Waals surface area contributed by atoms with Crippen molar-refractivity contribution < 1.29 is 38.5 Å². The van der Waals surface area contributed by atoms with Crippen LogP contribution in [0.4, 0.5) is 30.9 Å². The van der Waals surface area contributed by atoms with Gasteiger partial charge in [0.15, 0.2) is 5.78 Å². The number of carbonyl (C=O) groups is 3. The van der Waals surface area contributed by atoms with Gasteiger partial charge in [-0.1, -0.05) is 19.4 Å². The van der Waals surface area contributed by atoms with Crippen LogP contribution >= 0.6 is 10.2 Å². The zero-order valence-corrected chi connectivity index (χ0v) is 21.1. The van der Waals surface area contributed by atoms with Crippen LogP contribution in [0.2, 0.25) is 0 Å². The van der Waals surface area contributed by atoms with Gasteiger partial charge in [-0.2, -0.15) is 0 Å². The number of nitrogen functional groups attached to an aromatic ring is 1. The van der Waals surface area contributed by atoms with E-state index in [1.54, 1.807) is 6.92 Å². The number of hydrogen-bond donors (Lipinski definition) is 2. The monoisotopic (exact) mass is 548 g/mol. The molecule has 202 valence electrons. The molecule has 37 heavy (non-hydrogen) atoms. The van der Waals surface area contributed by atoms with Crippen LogP contribution in [0.5, 0.6) is 5.75 Å². The molecular formula is C23H25F5N4O4S. The van der Waals surface area contributed by atoms with E-state index >= 15 is 0 Å². The van der Waals surface area contributed by atoms with E-state index in [0.717, 1.165) is 24.9 Å². The third-order valence-corrected chi connectivity index (χ3v) is 6.76. The lowest BCUT2D eigenvalue weighted by Crippen LogP contribution is -2.24. The third-order valence-electron chi connectivity index (χ3n) is 5.64. The van der Waals surface area contributed by atoms with Crippen LogP contribution in [0.3, 0.4) is 0 Å². The second-order valence-corrected chi connectivity index (χ2v) is 10.7. The minimum atomic E-state index is -10.2. The van der Waals surface area contributed by atoms with Gasteiger partial charge in [-0.05, 0) is 37.3 Å². The molecule has 0 unspecified atom stereocenters. The molecule has 0 aliphatic carbocycles. The van der Waals surface area contributed by atoms with Crippen molar-refractivity contribution in [3.05, 3.63) is 47.7 Å². The van der Waals surface area contributed by atoms with E-state index in [0.29, 0.717) is 10.8 Å². The molecule has 0 radical (unpaired) electrons. The van der Waals surface area contributed by atoms with Crippen molar-refractivity contribution in [1.29, 1.82) is 0 Å². The molecule has 2 amide bonds. The Balaban J connectivity index is 2.11. The summed E-state index contributed by atoms with van der Waals surface area (Å²) in [5, 5.41) is 3.31. The number of carbonyl (C=O) groups excluding carboxylic acids is 3. The third kappa shape index (κ3) is 5.79. The second kappa shape index (κ2) is 8.64. The molecule has 0 bridgehead atoms. The van der Waals surface area contributed by atoms with Gasteiger partial charge in [0, 0.05) is 49.2 Å². The van der Waals surface area contributed by atoms with Crippen LogP contribution in [-0.4, -0.2) is 42.9 Å². The molecule has 1 aromatic heterocycles. The molecule has 8 nitrogen and oxygen atoms in total. The number of anilines is 2. The number of ketones is 1. The van der Waals surface area contributed by atoms with E-state index in [1.165, 1.54) is 29.9 Å². The van der Waals surface area contributed by atoms with E-state index in [9.17, 15) is 33.8 Å². The minimum absolute atomic E-state index is 0.0153. The van der Waals surface area contributed by atoms with Crippen molar-refractivity contribution in [2.24, 2.45) is 0 Å². The van der Waals surface area contributed by atoms with E-state index in [2.05, 4.69) is 5.32 Å². The average molecular weight is 549 g/mol. The SMILES string of the molecule is CCOc1cc2cn(CC(=O)c3cc(N(C)C(C)=O)cc(S(F)(F)(F)(F)F)c3)c(N)c2cc1C(=O)NC. The highest BCUT2D eigenvalue weighted by Crippen LogP contribution is 3.02. The minimum Gasteiger partial charge on any atom is -0.493 e. The van der Waals surface area contributed by atoms with E-state index in [1.807, 2.05) is 0 Å². The number of nitrogens with zero attached hydrogens (tertiary/aromatic N) is 2. The summed E-state index contributed by atoms with van der Waals surface area (Å²) in [7, 11) is -7.67. The largest absolute Gasteiger partial charge is 0.493 e. The maximum absolute atomic E-state index is 13.6. The van der Waals surface area contributed by atoms with Crippen LogP contribution < -0.4 is 20.7 Å². The number of nitrogens with one attached hydrogen (secondary N) is 1. The highest BCUT2D eigenvalue weighted by atomic mass is 32.5. The Morgan fingerprint density at radius 3 is 2.27 bits per heavy atom. The first-order valence-corrected chi connectivity index (χ1v) is 12.7. The average Bonchev–Trinajstić information content (AvgIpc) is 3.09. The number of amides is 2. The molecule has 0 aliphatic heterocycles.